The van der Waals surface area contributed by atoms with E-state index in [1.807, 2.05) is 0 Å². The van der Waals surface area contributed by atoms with E-state index in [0.29, 0.717) is 25.4 Å². The van der Waals surface area contributed by atoms with E-state index >= 15 is 0 Å². The summed E-state index contributed by atoms with van der Waals surface area (Å²) in [6, 6.07) is 7.98. The SMILES string of the molecule is O=C(Nc1cc(Cl)c(Cl)cc1Cl)c1cccc(Br)n1. The predicted octanol–water partition coefficient (Wildman–Crippen LogP) is 5.06. The first-order valence-corrected chi connectivity index (χ1v) is 6.98. The number of rotatable bonds is 2. The van der Waals surface area contributed by atoms with Gasteiger partial charge >= 0.3 is 0 Å². The number of halogens is 4. The summed E-state index contributed by atoms with van der Waals surface area (Å²) in [5.41, 5.74) is 0.638. The molecule has 3 nitrogen and oxygen atoms in total. The third kappa shape index (κ3) is 3.60. The molecule has 19 heavy (non-hydrogen) atoms. The number of amides is 1. The molecule has 1 heterocycles. The van der Waals surface area contributed by atoms with Crippen LogP contribution < -0.4 is 5.32 Å². The van der Waals surface area contributed by atoms with Crippen molar-refractivity contribution in [1.29, 1.82) is 0 Å². The number of aromatic nitrogens is 1. The van der Waals surface area contributed by atoms with Crippen LogP contribution in [0.25, 0.3) is 0 Å². The van der Waals surface area contributed by atoms with E-state index in [9.17, 15) is 4.79 Å². The highest BCUT2D eigenvalue weighted by atomic mass is 79.9. The molecule has 0 bridgehead atoms. The van der Waals surface area contributed by atoms with Gasteiger partial charge in [0.1, 0.15) is 10.3 Å². The Morgan fingerprint density at radius 1 is 1.11 bits per heavy atom. The summed E-state index contributed by atoms with van der Waals surface area (Å²) >= 11 is 20.9. The van der Waals surface area contributed by atoms with E-state index in [-0.39, 0.29) is 11.6 Å². The van der Waals surface area contributed by atoms with Gasteiger partial charge < -0.3 is 5.32 Å². The second-order valence-corrected chi connectivity index (χ2v) is 5.58. The molecule has 0 saturated carbocycles. The highest BCUT2D eigenvalue weighted by molar-refractivity contribution is 9.10. The Hall–Kier alpha value is -0.810. The Bertz CT molecular complexity index is 649. The average Bonchev–Trinajstić information content (AvgIpc) is 2.36. The standard InChI is InChI=1S/C12H6BrCl3N2O/c13-11-3-1-2-9(17-11)12(19)18-10-5-7(15)6(14)4-8(10)16/h1-5H,(H,18,19). The van der Waals surface area contributed by atoms with Crippen molar-refractivity contribution in [1.82, 2.24) is 4.98 Å². The normalized spacial score (nSPS) is 10.3. The molecule has 0 aliphatic rings. The number of carbonyl (C=O) groups is 1. The van der Waals surface area contributed by atoms with Gasteiger partial charge in [0.05, 0.1) is 20.8 Å². The van der Waals surface area contributed by atoms with Gasteiger partial charge in [-0.3, -0.25) is 4.79 Å². The first-order valence-electron chi connectivity index (χ1n) is 5.06. The summed E-state index contributed by atoms with van der Waals surface area (Å²) in [6.45, 7) is 0. The highest BCUT2D eigenvalue weighted by Gasteiger charge is 2.12. The van der Waals surface area contributed by atoms with Gasteiger partial charge in [0.15, 0.2) is 0 Å². The lowest BCUT2D eigenvalue weighted by atomic mass is 10.3. The minimum absolute atomic E-state index is 0.261. The quantitative estimate of drug-likeness (QED) is 0.585. The van der Waals surface area contributed by atoms with Gasteiger partial charge in [-0.05, 0) is 40.2 Å². The first-order chi connectivity index (χ1) is 8.97. The molecular weight excluding hydrogens is 374 g/mol. The number of benzene rings is 1. The minimum Gasteiger partial charge on any atom is -0.319 e. The van der Waals surface area contributed by atoms with Crippen molar-refractivity contribution in [3.63, 3.8) is 0 Å². The Kier molecular flexibility index (Phi) is 4.68. The lowest BCUT2D eigenvalue weighted by Crippen LogP contribution is -2.14. The fraction of sp³-hybridized carbons (Fsp3) is 0. The van der Waals surface area contributed by atoms with E-state index in [2.05, 4.69) is 26.2 Å². The van der Waals surface area contributed by atoms with Crippen LogP contribution in [0.4, 0.5) is 5.69 Å². The molecule has 2 rings (SSSR count). The van der Waals surface area contributed by atoms with Crippen molar-refractivity contribution in [2.45, 2.75) is 0 Å². The van der Waals surface area contributed by atoms with Gasteiger partial charge in [-0.15, -0.1) is 0 Å². The number of hydrogen-bond acceptors (Lipinski definition) is 2. The van der Waals surface area contributed by atoms with Crippen molar-refractivity contribution in [2.24, 2.45) is 0 Å². The largest absolute Gasteiger partial charge is 0.319 e. The summed E-state index contributed by atoms with van der Waals surface area (Å²) in [5.74, 6) is -0.387. The Morgan fingerprint density at radius 2 is 1.79 bits per heavy atom. The second kappa shape index (κ2) is 6.09. The molecule has 0 aliphatic carbocycles. The van der Waals surface area contributed by atoms with Crippen LogP contribution in [-0.4, -0.2) is 10.9 Å². The lowest BCUT2D eigenvalue weighted by molar-refractivity contribution is 0.102. The summed E-state index contributed by atoms with van der Waals surface area (Å²) in [6.07, 6.45) is 0. The molecule has 1 amide bonds. The van der Waals surface area contributed by atoms with E-state index in [1.54, 1.807) is 18.2 Å². The third-order valence-corrected chi connectivity index (χ3v) is 3.68. The lowest BCUT2D eigenvalue weighted by Gasteiger charge is -2.08. The molecule has 1 aromatic heterocycles. The third-order valence-electron chi connectivity index (χ3n) is 2.21. The summed E-state index contributed by atoms with van der Waals surface area (Å²) in [4.78, 5) is 16.0. The van der Waals surface area contributed by atoms with Crippen molar-refractivity contribution < 1.29 is 4.79 Å². The second-order valence-electron chi connectivity index (χ2n) is 3.55. The fourth-order valence-electron chi connectivity index (χ4n) is 1.34. The molecule has 0 unspecified atom stereocenters. The molecule has 98 valence electrons. The predicted molar refractivity (Wildman–Crippen MR) is 81.4 cm³/mol. The van der Waals surface area contributed by atoms with Crippen LogP contribution in [0.3, 0.4) is 0 Å². The first kappa shape index (κ1) is 14.6. The minimum atomic E-state index is -0.387. The maximum atomic E-state index is 12.0. The molecular formula is C12H6BrCl3N2O. The number of nitrogens with one attached hydrogen (secondary N) is 1. The molecule has 1 N–H and O–H groups in total. The van der Waals surface area contributed by atoms with Crippen LogP contribution in [0.2, 0.25) is 15.1 Å². The molecule has 0 radical (unpaired) electrons. The van der Waals surface area contributed by atoms with Gasteiger partial charge in [-0.1, -0.05) is 40.9 Å². The maximum absolute atomic E-state index is 12.0. The molecule has 0 aliphatic heterocycles. The van der Waals surface area contributed by atoms with Gasteiger partial charge in [0.2, 0.25) is 0 Å². The van der Waals surface area contributed by atoms with Gasteiger partial charge in [-0.2, -0.15) is 0 Å². The van der Waals surface area contributed by atoms with Gasteiger partial charge in [-0.25, -0.2) is 4.98 Å². The number of carbonyl (C=O) groups excluding carboxylic acids is 1. The van der Waals surface area contributed by atoms with Crippen LogP contribution in [0.5, 0.6) is 0 Å². The monoisotopic (exact) mass is 378 g/mol. The van der Waals surface area contributed by atoms with E-state index < -0.39 is 0 Å². The molecule has 0 spiro atoms. The van der Waals surface area contributed by atoms with Crippen LogP contribution in [0.15, 0.2) is 34.9 Å². The fourth-order valence-corrected chi connectivity index (χ4v) is 2.28. The molecule has 1 aromatic carbocycles. The number of hydrogen-bond donors (Lipinski definition) is 1. The molecule has 7 heteroatoms. The van der Waals surface area contributed by atoms with Crippen molar-refractivity contribution in [3.05, 3.63) is 55.7 Å². The van der Waals surface area contributed by atoms with Crippen LogP contribution in [0.1, 0.15) is 10.5 Å². The topological polar surface area (TPSA) is 42.0 Å². The Balaban J connectivity index is 2.27. The van der Waals surface area contributed by atoms with Crippen LogP contribution in [-0.2, 0) is 0 Å². The molecule has 0 saturated heterocycles. The maximum Gasteiger partial charge on any atom is 0.274 e. The van der Waals surface area contributed by atoms with Gasteiger partial charge in [0, 0.05) is 0 Å². The van der Waals surface area contributed by atoms with Crippen molar-refractivity contribution in [2.75, 3.05) is 5.32 Å². The van der Waals surface area contributed by atoms with Crippen LogP contribution >= 0.6 is 50.7 Å². The zero-order valence-electron chi connectivity index (χ0n) is 9.25. The smallest absolute Gasteiger partial charge is 0.274 e. The molecule has 2 aromatic rings. The Morgan fingerprint density at radius 3 is 2.47 bits per heavy atom. The van der Waals surface area contributed by atoms with E-state index in [0.717, 1.165) is 0 Å². The number of nitrogens with zero attached hydrogens (tertiary/aromatic N) is 1. The highest BCUT2D eigenvalue weighted by Crippen LogP contribution is 2.32. The molecule has 0 atom stereocenters. The Labute approximate surface area is 133 Å². The van der Waals surface area contributed by atoms with Crippen molar-refractivity contribution in [3.8, 4) is 0 Å². The zero-order valence-corrected chi connectivity index (χ0v) is 13.1. The summed E-state index contributed by atoms with van der Waals surface area (Å²) in [5, 5.41) is 3.56. The van der Waals surface area contributed by atoms with Gasteiger partial charge in [0.25, 0.3) is 5.91 Å². The average molecular weight is 380 g/mol. The summed E-state index contributed by atoms with van der Waals surface area (Å²) in [7, 11) is 0. The van der Waals surface area contributed by atoms with Crippen molar-refractivity contribution >= 4 is 62.3 Å². The van der Waals surface area contributed by atoms with E-state index in [1.165, 1.54) is 12.1 Å². The number of anilines is 1. The summed E-state index contributed by atoms with van der Waals surface area (Å²) < 4.78 is 0.570. The number of pyridine rings is 1. The van der Waals surface area contributed by atoms with Crippen LogP contribution in [0, 0.1) is 0 Å². The van der Waals surface area contributed by atoms with E-state index in [4.69, 9.17) is 34.8 Å². The zero-order chi connectivity index (χ0) is 14.0. The molecule has 0 fully saturated rings.